The summed E-state index contributed by atoms with van der Waals surface area (Å²) in [7, 11) is -3.89. The Morgan fingerprint density at radius 1 is 1.09 bits per heavy atom. The maximum atomic E-state index is 13.0. The minimum absolute atomic E-state index is 0.0620. The van der Waals surface area contributed by atoms with Crippen LogP contribution in [0.1, 0.15) is 5.56 Å². The third kappa shape index (κ3) is 4.35. The molecule has 0 spiro atoms. The Morgan fingerprint density at radius 2 is 1.70 bits per heavy atom. The van der Waals surface area contributed by atoms with Crippen LogP contribution >= 0.6 is 0 Å². The molecule has 3 N–H and O–H groups in total. The van der Waals surface area contributed by atoms with Gasteiger partial charge in [0, 0.05) is 6.54 Å². The second-order valence-electron chi connectivity index (χ2n) is 4.78. The van der Waals surface area contributed by atoms with E-state index in [1.807, 2.05) is 5.43 Å². The van der Waals surface area contributed by atoms with E-state index in [0.29, 0.717) is 5.56 Å². The van der Waals surface area contributed by atoms with Gasteiger partial charge in [-0.05, 0) is 29.8 Å². The molecule has 122 valence electrons. The quantitative estimate of drug-likeness (QED) is 0.467. The molecule has 1 amide bonds. The van der Waals surface area contributed by atoms with E-state index < -0.39 is 28.3 Å². The molecule has 0 aliphatic heterocycles. The number of hydrazine groups is 1. The number of nitrogens with zero attached hydrogens (tertiary/aromatic N) is 1. The van der Waals surface area contributed by atoms with E-state index in [9.17, 15) is 17.6 Å². The van der Waals surface area contributed by atoms with Gasteiger partial charge in [0.05, 0.1) is 11.4 Å². The highest BCUT2D eigenvalue weighted by molar-refractivity contribution is 7.89. The number of hydrogen-bond acceptors (Lipinski definition) is 4. The highest BCUT2D eigenvalue weighted by atomic mass is 32.2. The molecule has 0 aliphatic rings. The van der Waals surface area contributed by atoms with Gasteiger partial charge in [0.1, 0.15) is 5.82 Å². The van der Waals surface area contributed by atoms with E-state index in [0.717, 1.165) is 4.31 Å². The normalized spacial score (nSPS) is 11.4. The highest BCUT2D eigenvalue weighted by Crippen LogP contribution is 2.18. The number of carbonyl (C=O) groups excluding carboxylic acids is 1. The third-order valence-electron chi connectivity index (χ3n) is 3.13. The maximum Gasteiger partial charge on any atom is 0.249 e. The number of carbonyl (C=O) groups is 1. The number of rotatable bonds is 6. The first-order valence-electron chi connectivity index (χ1n) is 6.72. The van der Waals surface area contributed by atoms with E-state index in [-0.39, 0.29) is 11.4 Å². The van der Waals surface area contributed by atoms with Crippen molar-refractivity contribution < 1.29 is 17.6 Å². The SMILES string of the molecule is NNC(=O)CN(Cc1ccc(F)cc1)S(=O)(=O)c1ccccc1. The lowest BCUT2D eigenvalue weighted by atomic mass is 10.2. The zero-order valence-corrected chi connectivity index (χ0v) is 13.0. The summed E-state index contributed by atoms with van der Waals surface area (Å²) in [5.74, 6) is 3.97. The molecule has 2 aromatic carbocycles. The van der Waals surface area contributed by atoms with Crippen molar-refractivity contribution in [3.8, 4) is 0 Å². The van der Waals surface area contributed by atoms with Gasteiger partial charge < -0.3 is 0 Å². The van der Waals surface area contributed by atoms with Crippen molar-refractivity contribution in [3.63, 3.8) is 0 Å². The molecule has 0 saturated heterocycles. The van der Waals surface area contributed by atoms with Crippen molar-refractivity contribution in [2.24, 2.45) is 5.84 Å². The lowest BCUT2D eigenvalue weighted by molar-refractivity contribution is -0.121. The largest absolute Gasteiger partial charge is 0.293 e. The van der Waals surface area contributed by atoms with Crippen LogP contribution in [0.4, 0.5) is 4.39 Å². The zero-order valence-electron chi connectivity index (χ0n) is 12.1. The number of nitrogens with one attached hydrogen (secondary N) is 1. The van der Waals surface area contributed by atoms with Crippen LogP contribution in [0, 0.1) is 5.82 Å². The molecule has 8 heteroatoms. The predicted molar refractivity (Wildman–Crippen MR) is 82.8 cm³/mol. The van der Waals surface area contributed by atoms with E-state index in [1.54, 1.807) is 18.2 Å². The monoisotopic (exact) mass is 337 g/mol. The maximum absolute atomic E-state index is 13.0. The molecule has 6 nitrogen and oxygen atoms in total. The Labute approximate surface area is 133 Å². The fourth-order valence-corrected chi connectivity index (χ4v) is 3.37. The van der Waals surface area contributed by atoms with Gasteiger partial charge >= 0.3 is 0 Å². The van der Waals surface area contributed by atoms with Crippen molar-refractivity contribution in [2.45, 2.75) is 11.4 Å². The first kappa shape index (κ1) is 17.1. The zero-order chi connectivity index (χ0) is 16.9. The Bertz CT molecular complexity index is 764. The highest BCUT2D eigenvalue weighted by Gasteiger charge is 2.26. The summed E-state index contributed by atoms with van der Waals surface area (Å²) < 4.78 is 39.3. The molecule has 0 bridgehead atoms. The van der Waals surface area contributed by atoms with Crippen LogP contribution in [-0.4, -0.2) is 25.2 Å². The molecule has 23 heavy (non-hydrogen) atoms. The summed E-state index contributed by atoms with van der Waals surface area (Å²) in [6, 6.07) is 13.1. The van der Waals surface area contributed by atoms with Crippen LogP contribution in [0.25, 0.3) is 0 Å². The van der Waals surface area contributed by atoms with Crippen molar-refractivity contribution >= 4 is 15.9 Å². The van der Waals surface area contributed by atoms with Crippen LogP contribution in [-0.2, 0) is 21.4 Å². The number of amides is 1. The van der Waals surface area contributed by atoms with Crippen LogP contribution in [0.2, 0.25) is 0 Å². The van der Waals surface area contributed by atoms with Gasteiger partial charge in [0.2, 0.25) is 15.9 Å². The van der Waals surface area contributed by atoms with Gasteiger partial charge in [-0.2, -0.15) is 4.31 Å². The van der Waals surface area contributed by atoms with E-state index >= 15 is 0 Å². The second kappa shape index (κ2) is 7.32. The van der Waals surface area contributed by atoms with Crippen LogP contribution in [0.3, 0.4) is 0 Å². The number of sulfonamides is 1. The van der Waals surface area contributed by atoms with Gasteiger partial charge in [0.15, 0.2) is 0 Å². The van der Waals surface area contributed by atoms with Crippen molar-refractivity contribution in [3.05, 3.63) is 66.0 Å². The number of halogens is 1. The van der Waals surface area contributed by atoms with E-state index in [4.69, 9.17) is 5.84 Å². The Balaban J connectivity index is 2.33. The molecule has 0 saturated carbocycles. The summed E-state index contributed by atoms with van der Waals surface area (Å²) in [6.07, 6.45) is 0. The van der Waals surface area contributed by atoms with Gasteiger partial charge in [-0.3, -0.25) is 10.2 Å². The molecule has 2 rings (SSSR count). The molecule has 0 aromatic heterocycles. The molecule has 0 aliphatic carbocycles. The molecular weight excluding hydrogens is 321 g/mol. The molecule has 2 aromatic rings. The van der Waals surface area contributed by atoms with Gasteiger partial charge in [-0.1, -0.05) is 30.3 Å². The predicted octanol–water partition coefficient (Wildman–Crippen LogP) is 1.01. The van der Waals surface area contributed by atoms with Crippen molar-refractivity contribution in [2.75, 3.05) is 6.54 Å². The van der Waals surface area contributed by atoms with E-state index in [2.05, 4.69) is 0 Å². The molecule has 0 fully saturated rings. The molecule has 0 heterocycles. The second-order valence-corrected chi connectivity index (χ2v) is 6.72. The lowest BCUT2D eigenvalue weighted by Crippen LogP contribution is -2.42. The Hall–Kier alpha value is -2.29. The minimum atomic E-state index is -3.89. The van der Waals surface area contributed by atoms with Crippen molar-refractivity contribution in [1.29, 1.82) is 0 Å². The lowest BCUT2D eigenvalue weighted by Gasteiger charge is -2.21. The van der Waals surface area contributed by atoms with Gasteiger partial charge in [-0.25, -0.2) is 18.7 Å². The average molecular weight is 337 g/mol. The fraction of sp³-hybridized carbons (Fsp3) is 0.133. The smallest absolute Gasteiger partial charge is 0.249 e. The average Bonchev–Trinajstić information content (AvgIpc) is 2.56. The molecular formula is C15H16FN3O3S. The topological polar surface area (TPSA) is 92.5 Å². The third-order valence-corrected chi connectivity index (χ3v) is 4.94. The number of nitrogens with two attached hydrogens (primary N) is 1. The molecule has 0 radical (unpaired) electrons. The summed E-state index contributed by atoms with van der Waals surface area (Å²) in [5, 5.41) is 0. The Kier molecular flexibility index (Phi) is 5.43. The molecule has 0 atom stereocenters. The summed E-state index contributed by atoms with van der Waals surface area (Å²) >= 11 is 0. The minimum Gasteiger partial charge on any atom is -0.293 e. The van der Waals surface area contributed by atoms with Crippen LogP contribution in [0.5, 0.6) is 0 Å². The summed E-state index contributed by atoms with van der Waals surface area (Å²) in [6.45, 7) is -0.518. The standard InChI is InChI=1S/C15H16FN3O3S/c16-13-8-6-12(7-9-13)10-19(11-15(20)18-17)23(21,22)14-4-2-1-3-5-14/h1-9H,10-11,17H2,(H,18,20). The Morgan fingerprint density at radius 3 is 2.26 bits per heavy atom. The summed E-state index contributed by atoms with van der Waals surface area (Å²) in [5.41, 5.74) is 2.46. The molecule has 0 unspecified atom stereocenters. The first-order chi connectivity index (χ1) is 10.9. The fourth-order valence-electron chi connectivity index (χ4n) is 1.97. The number of hydrogen-bond donors (Lipinski definition) is 2. The van der Waals surface area contributed by atoms with Gasteiger partial charge in [-0.15, -0.1) is 0 Å². The van der Waals surface area contributed by atoms with Crippen LogP contribution < -0.4 is 11.3 Å². The van der Waals surface area contributed by atoms with Gasteiger partial charge in [0.25, 0.3) is 0 Å². The van der Waals surface area contributed by atoms with Crippen molar-refractivity contribution in [1.82, 2.24) is 9.73 Å². The number of benzene rings is 2. The summed E-state index contributed by atoms with van der Waals surface area (Å²) in [4.78, 5) is 11.6. The van der Waals surface area contributed by atoms with Crippen LogP contribution in [0.15, 0.2) is 59.5 Å². The first-order valence-corrected chi connectivity index (χ1v) is 8.16. The van der Waals surface area contributed by atoms with E-state index in [1.165, 1.54) is 36.4 Å².